The molecule has 0 N–H and O–H groups in total. The van der Waals surface area contributed by atoms with Gasteiger partial charge in [-0.05, 0) is 12.1 Å². The minimum atomic E-state index is -0.389. The Morgan fingerprint density at radius 1 is 1.56 bits per heavy atom. The summed E-state index contributed by atoms with van der Waals surface area (Å²) in [6, 6.07) is 3.23. The molecule has 0 bridgehead atoms. The zero-order chi connectivity index (χ0) is 13.7. The standard InChI is InChI=1S/C12H15ClN2O3/c1-8(12(17)18-3)7-15(2)11(16)9-5-4-6-14-10(9)13/h4-6,8H,7H2,1-3H3. The molecule has 0 aliphatic rings. The Kier molecular flexibility index (Phi) is 5.09. The van der Waals surface area contributed by atoms with Gasteiger partial charge in [-0.2, -0.15) is 0 Å². The number of ether oxygens (including phenoxy) is 1. The highest BCUT2D eigenvalue weighted by Crippen LogP contribution is 2.14. The van der Waals surface area contributed by atoms with Crippen LogP contribution in [0.25, 0.3) is 0 Å². The van der Waals surface area contributed by atoms with E-state index in [4.69, 9.17) is 11.6 Å². The van der Waals surface area contributed by atoms with Crippen LogP contribution in [0.1, 0.15) is 17.3 Å². The molecule has 0 aliphatic heterocycles. The molecule has 0 saturated carbocycles. The fraction of sp³-hybridized carbons (Fsp3) is 0.417. The first-order valence-electron chi connectivity index (χ1n) is 5.41. The largest absolute Gasteiger partial charge is 0.469 e. The Morgan fingerprint density at radius 3 is 2.78 bits per heavy atom. The molecule has 98 valence electrons. The van der Waals surface area contributed by atoms with Crippen LogP contribution in [-0.4, -0.2) is 42.5 Å². The summed E-state index contributed by atoms with van der Waals surface area (Å²) < 4.78 is 4.61. The lowest BCUT2D eigenvalue weighted by Gasteiger charge is -2.20. The molecule has 0 fully saturated rings. The third-order valence-electron chi connectivity index (χ3n) is 2.49. The average molecular weight is 271 g/mol. The number of nitrogens with zero attached hydrogens (tertiary/aromatic N) is 2. The smallest absolute Gasteiger partial charge is 0.310 e. The van der Waals surface area contributed by atoms with Crippen molar-refractivity contribution in [3.05, 3.63) is 29.0 Å². The van der Waals surface area contributed by atoms with Crippen LogP contribution in [0.4, 0.5) is 0 Å². The minimum absolute atomic E-state index is 0.153. The Balaban J connectivity index is 2.74. The lowest BCUT2D eigenvalue weighted by atomic mass is 10.1. The van der Waals surface area contributed by atoms with Gasteiger partial charge in [-0.15, -0.1) is 0 Å². The van der Waals surface area contributed by atoms with Crippen LogP contribution in [0.2, 0.25) is 5.15 Å². The molecule has 0 aliphatic carbocycles. The van der Waals surface area contributed by atoms with Crippen molar-refractivity contribution in [2.45, 2.75) is 6.92 Å². The van der Waals surface area contributed by atoms with E-state index in [1.54, 1.807) is 26.1 Å². The summed E-state index contributed by atoms with van der Waals surface area (Å²) in [5.74, 6) is -1.02. The Hall–Kier alpha value is -1.62. The van der Waals surface area contributed by atoms with Crippen molar-refractivity contribution in [2.24, 2.45) is 5.92 Å². The monoisotopic (exact) mass is 270 g/mol. The minimum Gasteiger partial charge on any atom is -0.469 e. The average Bonchev–Trinajstić information content (AvgIpc) is 2.37. The molecule has 1 aromatic heterocycles. The van der Waals surface area contributed by atoms with Crippen LogP contribution in [-0.2, 0) is 9.53 Å². The second kappa shape index (κ2) is 6.35. The van der Waals surface area contributed by atoms with E-state index in [-0.39, 0.29) is 29.5 Å². The predicted octanol–water partition coefficient (Wildman–Crippen LogP) is 1.62. The molecular weight excluding hydrogens is 256 g/mol. The summed E-state index contributed by atoms with van der Waals surface area (Å²) >= 11 is 5.84. The first-order valence-corrected chi connectivity index (χ1v) is 5.79. The van der Waals surface area contributed by atoms with Crippen molar-refractivity contribution in [1.29, 1.82) is 0 Å². The number of esters is 1. The maximum atomic E-state index is 12.1. The molecule has 6 heteroatoms. The number of methoxy groups -OCH3 is 1. The van der Waals surface area contributed by atoms with Gasteiger partial charge in [0, 0.05) is 19.8 Å². The molecule has 1 heterocycles. The SMILES string of the molecule is COC(=O)C(C)CN(C)C(=O)c1cccnc1Cl. The molecule has 0 saturated heterocycles. The normalized spacial score (nSPS) is 11.8. The summed E-state index contributed by atoms with van der Waals surface area (Å²) in [5.41, 5.74) is 0.318. The molecule has 18 heavy (non-hydrogen) atoms. The highest BCUT2D eigenvalue weighted by atomic mass is 35.5. The molecule has 1 aromatic rings. The third kappa shape index (κ3) is 3.43. The van der Waals surface area contributed by atoms with Crippen molar-refractivity contribution < 1.29 is 14.3 Å². The topological polar surface area (TPSA) is 59.5 Å². The quantitative estimate of drug-likeness (QED) is 0.616. The zero-order valence-electron chi connectivity index (χ0n) is 10.5. The molecule has 0 spiro atoms. The van der Waals surface area contributed by atoms with Gasteiger partial charge >= 0.3 is 5.97 Å². The predicted molar refractivity (Wildman–Crippen MR) is 67.4 cm³/mol. The molecule has 5 nitrogen and oxygen atoms in total. The van der Waals surface area contributed by atoms with Crippen molar-refractivity contribution in [3.63, 3.8) is 0 Å². The number of aromatic nitrogens is 1. The van der Waals surface area contributed by atoms with Gasteiger partial charge in [0.2, 0.25) is 0 Å². The van der Waals surface area contributed by atoms with Crippen LogP contribution in [0, 0.1) is 5.92 Å². The number of pyridine rings is 1. The van der Waals surface area contributed by atoms with Crippen LogP contribution in [0.15, 0.2) is 18.3 Å². The number of halogens is 1. The highest BCUT2D eigenvalue weighted by Gasteiger charge is 2.21. The molecule has 1 amide bonds. The molecule has 1 unspecified atom stereocenters. The number of carbonyl (C=O) groups is 2. The van der Waals surface area contributed by atoms with E-state index in [1.165, 1.54) is 18.2 Å². The number of hydrogen-bond acceptors (Lipinski definition) is 4. The first-order chi connectivity index (χ1) is 8.47. The van der Waals surface area contributed by atoms with Crippen molar-refractivity contribution in [1.82, 2.24) is 9.88 Å². The van der Waals surface area contributed by atoms with Gasteiger partial charge in [0.05, 0.1) is 18.6 Å². The van der Waals surface area contributed by atoms with Crippen LogP contribution in [0.5, 0.6) is 0 Å². The fourth-order valence-corrected chi connectivity index (χ4v) is 1.72. The van der Waals surface area contributed by atoms with Crippen molar-refractivity contribution in [3.8, 4) is 0 Å². The zero-order valence-corrected chi connectivity index (χ0v) is 11.3. The number of carbonyl (C=O) groups excluding carboxylic acids is 2. The van der Waals surface area contributed by atoms with Gasteiger partial charge in [-0.25, -0.2) is 4.98 Å². The lowest BCUT2D eigenvalue weighted by Crippen LogP contribution is -2.34. The molecule has 0 radical (unpaired) electrons. The van der Waals surface area contributed by atoms with Crippen LogP contribution >= 0.6 is 11.6 Å². The third-order valence-corrected chi connectivity index (χ3v) is 2.79. The van der Waals surface area contributed by atoms with Gasteiger partial charge in [-0.1, -0.05) is 18.5 Å². The fourth-order valence-electron chi connectivity index (χ4n) is 1.52. The van der Waals surface area contributed by atoms with E-state index in [9.17, 15) is 9.59 Å². The van der Waals surface area contributed by atoms with Crippen LogP contribution in [0.3, 0.4) is 0 Å². The number of hydrogen-bond donors (Lipinski definition) is 0. The van der Waals surface area contributed by atoms with Gasteiger partial charge in [0.15, 0.2) is 0 Å². The summed E-state index contributed by atoms with van der Waals surface area (Å²) in [4.78, 5) is 28.6. The first kappa shape index (κ1) is 14.4. The van der Waals surface area contributed by atoms with E-state index in [1.807, 2.05) is 0 Å². The summed E-state index contributed by atoms with van der Waals surface area (Å²) in [6.45, 7) is 1.96. The van der Waals surface area contributed by atoms with Crippen molar-refractivity contribution >= 4 is 23.5 Å². The van der Waals surface area contributed by atoms with Gasteiger partial charge in [-0.3, -0.25) is 9.59 Å². The number of rotatable bonds is 4. The van der Waals surface area contributed by atoms with Crippen molar-refractivity contribution in [2.75, 3.05) is 20.7 Å². The molecule has 1 rings (SSSR count). The summed E-state index contributed by atoms with van der Waals surface area (Å²) in [5, 5.41) is 0.153. The van der Waals surface area contributed by atoms with Crippen LogP contribution < -0.4 is 0 Å². The Labute approximate surface area is 111 Å². The van der Waals surface area contributed by atoms with Gasteiger partial charge in [0.25, 0.3) is 5.91 Å². The molecular formula is C12H15ClN2O3. The van der Waals surface area contributed by atoms with Gasteiger partial charge < -0.3 is 9.64 Å². The Morgan fingerprint density at radius 2 is 2.22 bits per heavy atom. The van der Waals surface area contributed by atoms with Gasteiger partial charge in [0.1, 0.15) is 5.15 Å². The summed E-state index contributed by atoms with van der Waals surface area (Å²) in [6.07, 6.45) is 1.51. The van der Waals surface area contributed by atoms with E-state index in [0.717, 1.165) is 0 Å². The summed E-state index contributed by atoms with van der Waals surface area (Å²) in [7, 11) is 2.92. The second-order valence-electron chi connectivity index (χ2n) is 3.95. The van der Waals surface area contributed by atoms with E-state index >= 15 is 0 Å². The molecule has 0 aromatic carbocycles. The highest BCUT2D eigenvalue weighted by molar-refractivity contribution is 6.32. The second-order valence-corrected chi connectivity index (χ2v) is 4.31. The molecule has 1 atom stereocenters. The Bertz CT molecular complexity index is 451. The van der Waals surface area contributed by atoms with E-state index in [2.05, 4.69) is 9.72 Å². The van der Waals surface area contributed by atoms with E-state index in [0.29, 0.717) is 5.56 Å². The van der Waals surface area contributed by atoms with E-state index < -0.39 is 0 Å². The maximum absolute atomic E-state index is 12.1. The lowest BCUT2D eigenvalue weighted by molar-refractivity contribution is -0.145. The number of amides is 1. The maximum Gasteiger partial charge on any atom is 0.310 e.